The third-order valence-corrected chi connectivity index (χ3v) is 4.79. The molecule has 0 saturated carbocycles. The van der Waals surface area contributed by atoms with E-state index < -0.39 is 0 Å². The predicted octanol–water partition coefficient (Wildman–Crippen LogP) is 3.67. The van der Waals surface area contributed by atoms with Crippen molar-refractivity contribution < 1.29 is 9.18 Å². The van der Waals surface area contributed by atoms with Gasteiger partial charge in [0.1, 0.15) is 23.5 Å². The summed E-state index contributed by atoms with van der Waals surface area (Å²) < 4.78 is 15.3. The van der Waals surface area contributed by atoms with Crippen LogP contribution in [0.25, 0.3) is 11.0 Å². The highest BCUT2D eigenvalue weighted by atomic mass is 19.1. The Hall–Kier alpha value is -2.70. The van der Waals surface area contributed by atoms with Crippen LogP contribution in [0.2, 0.25) is 0 Å². The lowest BCUT2D eigenvalue weighted by molar-refractivity contribution is -0.134. The number of carbonyl (C=O) groups excluding carboxylic acids is 1. The maximum Gasteiger partial charge on any atom is 0.245 e. The van der Waals surface area contributed by atoms with Gasteiger partial charge in [-0.05, 0) is 32.0 Å². The number of imidazole rings is 2. The number of amides is 1. The highest BCUT2D eigenvalue weighted by Crippen LogP contribution is 2.19. The number of nitrogens with zero attached hydrogens (tertiary/aromatic N) is 4. The fraction of sp³-hybridized carbons (Fsp3) is 0.450. The van der Waals surface area contributed by atoms with Gasteiger partial charge >= 0.3 is 0 Å². The predicted molar refractivity (Wildman–Crippen MR) is 103 cm³/mol. The van der Waals surface area contributed by atoms with Gasteiger partial charge in [0.2, 0.25) is 5.91 Å². The zero-order valence-corrected chi connectivity index (χ0v) is 16.2. The van der Waals surface area contributed by atoms with Gasteiger partial charge in [-0.25, -0.2) is 14.4 Å². The molecule has 0 saturated heterocycles. The molecule has 3 rings (SSSR count). The Balaban J connectivity index is 1.70. The smallest absolute Gasteiger partial charge is 0.245 e. The molecule has 7 heteroatoms. The summed E-state index contributed by atoms with van der Waals surface area (Å²) in [6.45, 7) is 9.17. The van der Waals surface area contributed by atoms with E-state index in [4.69, 9.17) is 0 Å². The molecule has 144 valence electrons. The quantitative estimate of drug-likeness (QED) is 0.689. The molecular formula is C20H26FN5O. The topological polar surface area (TPSA) is 66.8 Å². The van der Waals surface area contributed by atoms with E-state index in [1.807, 2.05) is 29.5 Å². The van der Waals surface area contributed by atoms with E-state index in [2.05, 4.69) is 28.8 Å². The van der Waals surface area contributed by atoms with Crippen LogP contribution in [0, 0.1) is 5.82 Å². The summed E-state index contributed by atoms with van der Waals surface area (Å²) in [7, 11) is 0. The lowest BCUT2D eigenvalue weighted by Crippen LogP contribution is -2.38. The monoisotopic (exact) mass is 371 g/mol. The number of carbonyl (C=O) groups is 1. The molecule has 0 aliphatic carbocycles. The van der Waals surface area contributed by atoms with E-state index >= 15 is 0 Å². The molecule has 1 atom stereocenters. The molecule has 0 aliphatic heterocycles. The third-order valence-electron chi connectivity index (χ3n) is 4.79. The Morgan fingerprint density at radius 1 is 1.33 bits per heavy atom. The first-order valence-corrected chi connectivity index (χ1v) is 9.36. The SMILES string of the molecule is CCN(CCc1nc2ccc(F)cc2[nH]1)C(=O)C(C)n1ccnc1C(C)C. The third kappa shape index (κ3) is 4.02. The molecule has 27 heavy (non-hydrogen) atoms. The number of aromatic nitrogens is 4. The van der Waals surface area contributed by atoms with Crippen molar-refractivity contribution in [3.63, 3.8) is 0 Å². The molecule has 0 spiro atoms. The first kappa shape index (κ1) is 19.1. The maximum absolute atomic E-state index is 13.3. The second-order valence-corrected chi connectivity index (χ2v) is 7.04. The highest BCUT2D eigenvalue weighted by Gasteiger charge is 2.23. The molecule has 3 aromatic rings. The summed E-state index contributed by atoms with van der Waals surface area (Å²) in [6.07, 6.45) is 4.19. The van der Waals surface area contributed by atoms with Crippen molar-refractivity contribution in [3.05, 3.63) is 48.1 Å². The molecule has 1 unspecified atom stereocenters. The first-order valence-electron chi connectivity index (χ1n) is 9.36. The van der Waals surface area contributed by atoms with Crippen LogP contribution >= 0.6 is 0 Å². The fourth-order valence-corrected chi connectivity index (χ4v) is 3.30. The summed E-state index contributed by atoms with van der Waals surface area (Å²) in [5.74, 6) is 1.67. The second kappa shape index (κ2) is 7.90. The number of halogens is 1. The van der Waals surface area contributed by atoms with Crippen LogP contribution in [0.5, 0.6) is 0 Å². The van der Waals surface area contributed by atoms with Crippen molar-refractivity contribution in [2.24, 2.45) is 0 Å². The van der Waals surface area contributed by atoms with Crippen molar-refractivity contribution >= 4 is 16.9 Å². The van der Waals surface area contributed by atoms with Crippen molar-refractivity contribution in [2.45, 2.75) is 46.1 Å². The molecule has 2 heterocycles. The van der Waals surface area contributed by atoms with Crippen molar-refractivity contribution in [1.29, 1.82) is 0 Å². The van der Waals surface area contributed by atoms with Gasteiger partial charge in [-0.15, -0.1) is 0 Å². The zero-order chi connectivity index (χ0) is 19.6. The van der Waals surface area contributed by atoms with Gasteiger partial charge in [0.15, 0.2) is 0 Å². The molecule has 1 aromatic carbocycles. The number of aromatic amines is 1. The number of hydrogen-bond donors (Lipinski definition) is 1. The number of H-pyrrole nitrogens is 1. The van der Waals surface area contributed by atoms with Gasteiger partial charge in [0.05, 0.1) is 11.0 Å². The van der Waals surface area contributed by atoms with Crippen LogP contribution in [0.1, 0.15) is 51.3 Å². The number of benzene rings is 1. The lowest BCUT2D eigenvalue weighted by Gasteiger charge is -2.26. The van der Waals surface area contributed by atoms with Gasteiger partial charge in [-0.1, -0.05) is 13.8 Å². The van der Waals surface area contributed by atoms with Crippen LogP contribution in [0.3, 0.4) is 0 Å². The Kier molecular flexibility index (Phi) is 5.58. The van der Waals surface area contributed by atoms with Gasteiger partial charge in [0, 0.05) is 37.8 Å². The zero-order valence-electron chi connectivity index (χ0n) is 16.2. The van der Waals surface area contributed by atoms with Gasteiger partial charge < -0.3 is 14.5 Å². The van der Waals surface area contributed by atoms with Crippen LogP contribution in [0.15, 0.2) is 30.6 Å². The molecule has 1 N–H and O–H groups in total. The Morgan fingerprint density at radius 3 is 2.81 bits per heavy atom. The summed E-state index contributed by atoms with van der Waals surface area (Å²) in [4.78, 5) is 26.8. The summed E-state index contributed by atoms with van der Waals surface area (Å²) in [5.41, 5.74) is 1.40. The first-order chi connectivity index (χ1) is 12.9. The Bertz CT molecular complexity index is 929. The minimum absolute atomic E-state index is 0.0551. The number of rotatable bonds is 7. The average molecular weight is 371 g/mol. The van der Waals surface area contributed by atoms with Crippen molar-refractivity contribution in [1.82, 2.24) is 24.4 Å². The van der Waals surface area contributed by atoms with Crippen LogP contribution in [-0.4, -0.2) is 43.4 Å². The standard InChI is InChI=1S/C20H26FN5O/c1-5-25(20(27)14(4)26-11-9-22-19(26)13(2)3)10-8-18-23-16-7-6-15(21)12-17(16)24-18/h6-7,9,11-14H,5,8,10H2,1-4H3,(H,23,24). The molecule has 2 aromatic heterocycles. The van der Waals surface area contributed by atoms with Crippen molar-refractivity contribution in [2.75, 3.05) is 13.1 Å². The highest BCUT2D eigenvalue weighted by molar-refractivity contribution is 5.80. The second-order valence-electron chi connectivity index (χ2n) is 7.04. The molecule has 0 aliphatic rings. The molecule has 0 radical (unpaired) electrons. The average Bonchev–Trinajstić information content (AvgIpc) is 3.27. The Morgan fingerprint density at radius 2 is 2.11 bits per heavy atom. The number of likely N-dealkylation sites (N-methyl/N-ethyl adjacent to an activating group) is 1. The number of hydrogen-bond acceptors (Lipinski definition) is 3. The fourth-order valence-electron chi connectivity index (χ4n) is 3.30. The maximum atomic E-state index is 13.3. The summed E-state index contributed by atoms with van der Waals surface area (Å²) in [6, 6.07) is 4.17. The van der Waals surface area contributed by atoms with Gasteiger partial charge in [0.25, 0.3) is 0 Å². The van der Waals surface area contributed by atoms with E-state index in [1.54, 1.807) is 12.3 Å². The van der Waals surface area contributed by atoms with Crippen molar-refractivity contribution in [3.8, 4) is 0 Å². The van der Waals surface area contributed by atoms with Gasteiger partial charge in [-0.2, -0.15) is 0 Å². The van der Waals surface area contributed by atoms with Crippen LogP contribution in [0.4, 0.5) is 4.39 Å². The van der Waals surface area contributed by atoms with Crippen LogP contribution in [-0.2, 0) is 11.2 Å². The number of fused-ring (bicyclic) bond motifs is 1. The van der Waals surface area contributed by atoms with E-state index in [0.29, 0.717) is 25.0 Å². The lowest BCUT2D eigenvalue weighted by atomic mass is 10.2. The summed E-state index contributed by atoms with van der Waals surface area (Å²) in [5, 5.41) is 0. The van der Waals surface area contributed by atoms with Crippen LogP contribution < -0.4 is 0 Å². The normalized spacial score (nSPS) is 12.7. The number of nitrogens with one attached hydrogen (secondary N) is 1. The molecule has 6 nitrogen and oxygen atoms in total. The molecular weight excluding hydrogens is 345 g/mol. The Labute approximate surface area is 158 Å². The largest absolute Gasteiger partial charge is 0.342 e. The molecule has 0 bridgehead atoms. The molecule has 1 amide bonds. The minimum Gasteiger partial charge on any atom is -0.342 e. The van der Waals surface area contributed by atoms with E-state index in [1.165, 1.54) is 12.1 Å². The summed E-state index contributed by atoms with van der Waals surface area (Å²) >= 11 is 0. The molecule has 0 fully saturated rings. The van der Waals surface area contributed by atoms with E-state index in [0.717, 1.165) is 17.2 Å². The minimum atomic E-state index is -0.311. The van der Waals surface area contributed by atoms with E-state index in [9.17, 15) is 9.18 Å². The van der Waals surface area contributed by atoms with E-state index in [-0.39, 0.29) is 23.7 Å². The van der Waals surface area contributed by atoms with Gasteiger partial charge in [-0.3, -0.25) is 4.79 Å².